The first-order valence-electron chi connectivity index (χ1n) is 12.1. The van der Waals surface area contributed by atoms with Crippen molar-refractivity contribution in [2.75, 3.05) is 17.2 Å². The highest BCUT2D eigenvalue weighted by Crippen LogP contribution is 2.46. The van der Waals surface area contributed by atoms with E-state index in [0.29, 0.717) is 12.8 Å². The number of ether oxygens (including phenoxy) is 1. The van der Waals surface area contributed by atoms with Gasteiger partial charge in [0, 0.05) is 25.1 Å². The van der Waals surface area contributed by atoms with E-state index < -0.39 is 63.9 Å². The summed E-state index contributed by atoms with van der Waals surface area (Å²) in [6.07, 6.45) is -2.58. The lowest BCUT2D eigenvalue weighted by Gasteiger charge is -2.34. The Morgan fingerprint density at radius 1 is 1.21 bits per heavy atom. The summed E-state index contributed by atoms with van der Waals surface area (Å²) in [7, 11) is -4.17. The van der Waals surface area contributed by atoms with Crippen molar-refractivity contribution in [2.24, 2.45) is 5.92 Å². The summed E-state index contributed by atoms with van der Waals surface area (Å²) in [5.74, 6) is -6.32. The third kappa shape index (κ3) is 6.38. The van der Waals surface area contributed by atoms with Gasteiger partial charge in [0.2, 0.25) is 5.92 Å². The van der Waals surface area contributed by atoms with E-state index in [9.17, 15) is 40.3 Å². The molecular formula is C24H27F5N2O5S2. The number of aromatic nitrogens is 1. The minimum atomic E-state index is -4.91. The maximum absolute atomic E-state index is 14.2. The Morgan fingerprint density at radius 2 is 1.89 bits per heavy atom. The SMILES string of the molecule is CC(F)(F)CC[C@H]1CN(C2CCCC2)c2cc(C(F)(F)F)c(OCc3scnc3C(=O)O)cc2S(=O)(=O)C1. The molecule has 7 nitrogen and oxygen atoms in total. The van der Waals surface area contributed by atoms with E-state index in [2.05, 4.69) is 4.98 Å². The van der Waals surface area contributed by atoms with Gasteiger partial charge < -0.3 is 14.7 Å². The Balaban J connectivity index is 1.78. The molecule has 210 valence electrons. The molecule has 1 aliphatic heterocycles. The third-order valence-electron chi connectivity index (χ3n) is 6.88. The Kier molecular flexibility index (Phi) is 7.95. The van der Waals surface area contributed by atoms with Gasteiger partial charge in [0.25, 0.3) is 0 Å². The highest BCUT2D eigenvalue weighted by atomic mass is 32.2. The molecule has 1 aromatic carbocycles. The zero-order chi connectivity index (χ0) is 27.9. The van der Waals surface area contributed by atoms with Gasteiger partial charge >= 0.3 is 12.1 Å². The van der Waals surface area contributed by atoms with E-state index in [0.717, 1.165) is 43.2 Å². The van der Waals surface area contributed by atoms with E-state index in [1.54, 1.807) is 4.90 Å². The number of thiazole rings is 1. The zero-order valence-corrected chi connectivity index (χ0v) is 22.1. The molecule has 4 rings (SSSR count). The first-order chi connectivity index (χ1) is 17.7. The topological polar surface area (TPSA) is 96.8 Å². The van der Waals surface area contributed by atoms with Gasteiger partial charge in [-0.1, -0.05) is 12.8 Å². The molecule has 14 heteroatoms. The number of hydrogen-bond donors (Lipinski definition) is 1. The molecule has 0 radical (unpaired) electrons. The Labute approximate surface area is 220 Å². The molecule has 0 saturated heterocycles. The van der Waals surface area contributed by atoms with Gasteiger partial charge in [0.05, 0.1) is 32.3 Å². The van der Waals surface area contributed by atoms with Crippen molar-refractivity contribution in [3.8, 4) is 5.75 Å². The number of fused-ring (bicyclic) bond motifs is 1. The van der Waals surface area contributed by atoms with Crippen LogP contribution in [0.5, 0.6) is 5.75 Å². The zero-order valence-electron chi connectivity index (χ0n) is 20.4. The van der Waals surface area contributed by atoms with Crippen LogP contribution in [-0.2, 0) is 22.6 Å². The lowest BCUT2D eigenvalue weighted by atomic mass is 10.00. The molecule has 0 bridgehead atoms. The molecule has 38 heavy (non-hydrogen) atoms. The average molecular weight is 583 g/mol. The fourth-order valence-electron chi connectivity index (χ4n) is 5.08. The molecule has 1 aliphatic carbocycles. The monoisotopic (exact) mass is 582 g/mol. The molecule has 1 saturated carbocycles. The third-order valence-corrected chi connectivity index (χ3v) is 9.59. The first-order valence-corrected chi connectivity index (χ1v) is 14.6. The van der Waals surface area contributed by atoms with Crippen LogP contribution in [0.2, 0.25) is 0 Å². The standard InChI is InChI=1S/C24H27F5N2O5S2/c1-23(25,26)7-6-14-10-31(15-4-2-3-5-15)17-8-16(24(27,28)29)18(9-20(17)38(34,35)12-14)36-11-19-21(22(32)33)30-13-37-19/h8-9,13-15H,2-7,10-12H2,1H3,(H,32,33)/t14-/m0/s1. The maximum atomic E-state index is 14.2. The predicted molar refractivity (Wildman–Crippen MR) is 130 cm³/mol. The second kappa shape index (κ2) is 10.6. The Hall–Kier alpha value is -2.48. The number of alkyl halides is 5. The average Bonchev–Trinajstić information content (AvgIpc) is 3.48. The summed E-state index contributed by atoms with van der Waals surface area (Å²) in [6.45, 7) is 0.238. The fourth-order valence-corrected chi connectivity index (χ4v) is 7.60. The summed E-state index contributed by atoms with van der Waals surface area (Å²) in [5.41, 5.74) is -0.456. The van der Waals surface area contributed by atoms with Gasteiger partial charge in [-0.25, -0.2) is 27.0 Å². The molecule has 0 spiro atoms. The number of anilines is 1. The smallest absolute Gasteiger partial charge is 0.420 e. The summed E-state index contributed by atoms with van der Waals surface area (Å²) >= 11 is 0.881. The largest absolute Gasteiger partial charge is 0.487 e. The molecular weight excluding hydrogens is 555 g/mol. The van der Waals surface area contributed by atoms with Gasteiger partial charge in [-0.05, 0) is 38.2 Å². The number of carboxylic acid groups (broad SMARTS) is 1. The van der Waals surface area contributed by atoms with Crippen molar-refractivity contribution in [2.45, 2.75) is 75.1 Å². The van der Waals surface area contributed by atoms with Gasteiger partial charge in [0.15, 0.2) is 15.5 Å². The van der Waals surface area contributed by atoms with Crippen LogP contribution < -0.4 is 9.64 Å². The van der Waals surface area contributed by atoms with E-state index in [1.807, 2.05) is 0 Å². The van der Waals surface area contributed by atoms with E-state index in [4.69, 9.17) is 4.74 Å². The van der Waals surface area contributed by atoms with E-state index in [-0.39, 0.29) is 40.2 Å². The van der Waals surface area contributed by atoms with Crippen molar-refractivity contribution in [1.29, 1.82) is 0 Å². The number of rotatable bonds is 8. The molecule has 1 atom stereocenters. The summed E-state index contributed by atoms with van der Waals surface area (Å²) in [6, 6.07) is 1.39. The summed E-state index contributed by atoms with van der Waals surface area (Å²) in [4.78, 5) is 16.4. The quantitative estimate of drug-likeness (QED) is 0.380. The number of nitrogens with zero attached hydrogens (tertiary/aromatic N) is 2. The second-order valence-electron chi connectivity index (χ2n) is 9.88. The Bertz CT molecular complexity index is 1280. The van der Waals surface area contributed by atoms with Gasteiger partial charge in [-0.15, -0.1) is 11.3 Å². The molecule has 0 amide bonds. The summed E-state index contributed by atoms with van der Waals surface area (Å²) in [5, 5.41) is 9.22. The van der Waals surface area contributed by atoms with E-state index >= 15 is 0 Å². The lowest BCUT2D eigenvalue weighted by molar-refractivity contribution is -0.139. The number of aromatic carboxylic acids is 1. The van der Waals surface area contributed by atoms with Crippen LogP contribution in [0.1, 0.15) is 66.4 Å². The molecule has 0 unspecified atom stereocenters. The molecule has 1 fully saturated rings. The maximum Gasteiger partial charge on any atom is 0.420 e. The molecule has 1 aromatic heterocycles. The number of halogens is 5. The number of carboxylic acids is 1. The molecule has 2 aromatic rings. The van der Waals surface area contributed by atoms with Crippen LogP contribution in [0.25, 0.3) is 0 Å². The van der Waals surface area contributed by atoms with Crippen molar-refractivity contribution >= 4 is 32.8 Å². The summed E-state index contributed by atoms with van der Waals surface area (Å²) < 4.78 is 102. The van der Waals surface area contributed by atoms with Crippen molar-refractivity contribution in [1.82, 2.24) is 4.98 Å². The van der Waals surface area contributed by atoms with Crippen LogP contribution in [0.15, 0.2) is 22.5 Å². The molecule has 2 aliphatic rings. The first kappa shape index (κ1) is 28.5. The van der Waals surface area contributed by atoms with Crippen LogP contribution in [-0.4, -0.2) is 48.7 Å². The van der Waals surface area contributed by atoms with Gasteiger partial charge in [-0.3, -0.25) is 0 Å². The van der Waals surface area contributed by atoms with Crippen molar-refractivity contribution in [3.05, 3.63) is 33.8 Å². The van der Waals surface area contributed by atoms with Crippen molar-refractivity contribution < 1.29 is 45.0 Å². The minimum absolute atomic E-state index is 0.0489. The predicted octanol–water partition coefficient (Wildman–Crippen LogP) is 6.03. The van der Waals surface area contributed by atoms with Crippen LogP contribution in [0.3, 0.4) is 0 Å². The molecule has 2 heterocycles. The normalized spacial score (nSPS) is 20.3. The van der Waals surface area contributed by atoms with Crippen molar-refractivity contribution in [3.63, 3.8) is 0 Å². The van der Waals surface area contributed by atoms with Crippen LogP contribution in [0, 0.1) is 5.92 Å². The highest BCUT2D eigenvalue weighted by molar-refractivity contribution is 7.91. The molecule has 1 N–H and O–H groups in total. The lowest BCUT2D eigenvalue weighted by Crippen LogP contribution is -2.38. The number of sulfone groups is 1. The number of carbonyl (C=O) groups is 1. The van der Waals surface area contributed by atoms with Crippen LogP contribution in [0.4, 0.5) is 27.6 Å². The van der Waals surface area contributed by atoms with Crippen LogP contribution >= 0.6 is 11.3 Å². The van der Waals surface area contributed by atoms with Gasteiger partial charge in [0.1, 0.15) is 12.4 Å². The number of hydrogen-bond acceptors (Lipinski definition) is 7. The number of benzene rings is 1. The minimum Gasteiger partial charge on any atom is -0.487 e. The highest BCUT2D eigenvalue weighted by Gasteiger charge is 2.41. The van der Waals surface area contributed by atoms with E-state index in [1.165, 1.54) is 5.51 Å². The second-order valence-corrected chi connectivity index (χ2v) is 12.8. The van der Waals surface area contributed by atoms with Gasteiger partial charge in [-0.2, -0.15) is 13.2 Å². The fraction of sp³-hybridized carbons (Fsp3) is 0.583. The Morgan fingerprint density at radius 3 is 2.50 bits per heavy atom.